The van der Waals surface area contributed by atoms with Crippen molar-refractivity contribution in [3.05, 3.63) is 23.5 Å². The van der Waals surface area contributed by atoms with Crippen molar-refractivity contribution in [3.63, 3.8) is 0 Å². The van der Waals surface area contributed by atoms with E-state index < -0.39 is 33.6 Å². The van der Waals surface area contributed by atoms with Gasteiger partial charge in [-0.3, -0.25) is 0 Å². The van der Waals surface area contributed by atoms with Gasteiger partial charge in [0, 0.05) is 37.5 Å². The molecule has 3 heterocycles. The minimum absolute atomic E-state index is 0.00904. The number of alkyl halides is 3. The Hall–Kier alpha value is -1.88. The van der Waals surface area contributed by atoms with Crippen molar-refractivity contribution in [2.75, 3.05) is 26.2 Å². The SMILES string of the molecule is CC(C)(C)OC(=O)N1CC2(C1)CN(S(=O)(=O)c1ccc(C(F)(F)F)nc1C1CC1)C2. The van der Waals surface area contributed by atoms with Gasteiger partial charge in [0.25, 0.3) is 0 Å². The largest absolute Gasteiger partial charge is 0.444 e. The minimum atomic E-state index is -4.62. The molecule has 1 aliphatic carbocycles. The molecular formula is C19H24F3N3O4S. The van der Waals surface area contributed by atoms with Crippen LogP contribution in [0.25, 0.3) is 0 Å². The average Bonchev–Trinajstić information content (AvgIpc) is 3.33. The molecule has 1 spiro atoms. The smallest absolute Gasteiger partial charge is 0.433 e. The first kappa shape index (κ1) is 21.4. The molecule has 2 saturated heterocycles. The van der Waals surface area contributed by atoms with Gasteiger partial charge in [0.05, 0.1) is 5.69 Å². The highest BCUT2D eigenvalue weighted by Gasteiger charge is 2.57. The number of carbonyl (C=O) groups is 1. The molecule has 7 nitrogen and oxygen atoms in total. The summed E-state index contributed by atoms with van der Waals surface area (Å²) in [6.45, 7) is 6.55. The molecule has 1 aromatic heterocycles. The predicted octanol–water partition coefficient (Wildman–Crippen LogP) is 3.22. The van der Waals surface area contributed by atoms with Crippen LogP contribution in [0.5, 0.6) is 0 Å². The highest BCUT2D eigenvalue weighted by Crippen LogP contribution is 2.46. The van der Waals surface area contributed by atoms with Gasteiger partial charge in [-0.15, -0.1) is 0 Å². The first-order chi connectivity index (χ1) is 13.7. The molecule has 3 fully saturated rings. The Balaban J connectivity index is 1.45. The van der Waals surface area contributed by atoms with Gasteiger partial charge in [0.1, 0.15) is 16.2 Å². The number of aromatic nitrogens is 1. The number of pyridine rings is 1. The standard InChI is InChI=1S/C19H24F3N3O4S/c1-17(2,3)29-16(26)24-8-18(9-24)10-25(11-18)30(27,28)13-6-7-14(19(20,21)22)23-15(13)12-4-5-12/h6-7,12H,4-5,8-11H2,1-3H3. The molecule has 0 N–H and O–H groups in total. The summed E-state index contributed by atoms with van der Waals surface area (Å²) in [5.41, 5.74) is -1.99. The first-order valence-corrected chi connectivity index (χ1v) is 11.2. The zero-order valence-corrected chi connectivity index (χ0v) is 17.8. The van der Waals surface area contributed by atoms with E-state index in [2.05, 4.69) is 4.98 Å². The normalized spacial score (nSPS) is 21.9. The Kier molecular flexibility index (Phi) is 4.67. The van der Waals surface area contributed by atoms with Crippen LogP contribution < -0.4 is 0 Å². The number of rotatable bonds is 3. The third kappa shape index (κ3) is 3.89. The molecule has 4 rings (SSSR count). The van der Waals surface area contributed by atoms with Gasteiger partial charge in [-0.2, -0.15) is 17.5 Å². The lowest BCUT2D eigenvalue weighted by Gasteiger charge is -2.59. The summed E-state index contributed by atoms with van der Waals surface area (Å²) in [6, 6.07) is 1.75. The Morgan fingerprint density at radius 2 is 1.73 bits per heavy atom. The highest BCUT2D eigenvalue weighted by atomic mass is 32.2. The van der Waals surface area contributed by atoms with E-state index in [1.165, 1.54) is 9.21 Å². The molecule has 2 aliphatic heterocycles. The number of sulfonamides is 1. The number of nitrogens with zero attached hydrogens (tertiary/aromatic N) is 3. The number of hydrogen-bond acceptors (Lipinski definition) is 5. The maximum absolute atomic E-state index is 13.1. The van der Waals surface area contributed by atoms with E-state index in [0.717, 1.165) is 12.1 Å². The quantitative estimate of drug-likeness (QED) is 0.711. The summed E-state index contributed by atoms with van der Waals surface area (Å²) in [7, 11) is -3.95. The van der Waals surface area contributed by atoms with Gasteiger partial charge >= 0.3 is 12.3 Å². The van der Waals surface area contributed by atoms with Crippen molar-refractivity contribution in [1.29, 1.82) is 0 Å². The summed E-state index contributed by atoms with van der Waals surface area (Å²) >= 11 is 0. The third-order valence-corrected chi connectivity index (χ3v) is 7.33. The fraction of sp³-hybridized carbons (Fsp3) is 0.684. The Morgan fingerprint density at radius 1 is 1.13 bits per heavy atom. The minimum Gasteiger partial charge on any atom is -0.444 e. The van der Waals surface area contributed by atoms with E-state index in [1.807, 2.05) is 0 Å². The molecule has 0 atom stereocenters. The number of carbonyl (C=O) groups excluding carboxylic acids is 1. The maximum Gasteiger partial charge on any atom is 0.433 e. The molecule has 1 amide bonds. The summed E-state index contributed by atoms with van der Waals surface area (Å²) in [6.07, 6.45) is -3.79. The van der Waals surface area contributed by atoms with Gasteiger partial charge in [-0.05, 0) is 45.7 Å². The molecule has 166 valence electrons. The molecular weight excluding hydrogens is 423 g/mol. The van der Waals surface area contributed by atoms with Crippen LogP contribution in [0.2, 0.25) is 0 Å². The van der Waals surface area contributed by atoms with Crippen LogP contribution in [0.1, 0.15) is 50.9 Å². The monoisotopic (exact) mass is 447 g/mol. The number of likely N-dealkylation sites (tertiary alicyclic amines) is 1. The van der Waals surface area contributed by atoms with Crippen LogP contribution in [-0.4, -0.2) is 60.5 Å². The molecule has 11 heteroatoms. The van der Waals surface area contributed by atoms with Gasteiger partial charge in [-0.1, -0.05) is 0 Å². The van der Waals surface area contributed by atoms with Gasteiger partial charge < -0.3 is 9.64 Å². The second kappa shape index (κ2) is 6.56. The fourth-order valence-electron chi connectivity index (χ4n) is 3.92. The Bertz CT molecular complexity index is 970. The second-order valence-corrected chi connectivity index (χ2v) is 11.4. The van der Waals surface area contributed by atoms with Gasteiger partial charge in [0.2, 0.25) is 10.0 Å². The van der Waals surface area contributed by atoms with Crippen molar-refractivity contribution in [2.24, 2.45) is 5.41 Å². The van der Waals surface area contributed by atoms with Crippen LogP contribution in [0, 0.1) is 5.41 Å². The summed E-state index contributed by atoms with van der Waals surface area (Å²) in [5, 5.41) is 0. The van der Waals surface area contributed by atoms with E-state index in [-0.39, 0.29) is 35.0 Å². The lowest BCUT2D eigenvalue weighted by molar-refractivity contribution is -0.141. The van der Waals surface area contributed by atoms with E-state index in [0.29, 0.717) is 25.9 Å². The van der Waals surface area contributed by atoms with Crippen LogP contribution in [-0.2, 0) is 20.9 Å². The van der Waals surface area contributed by atoms with Crippen molar-refractivity contribution in [3.8, 4) is 0 Å². The lowest BCUT2D eigenvalue weighted by Crippen LogP contribution is -2.73. The fourth-order valence-corrected chi connectivity index (χ4v) is 5.80. The number of hydrogen-bond donors (Lipinski definition) is 0. The average molecular weight is 447 g/mol. The topological polar surface area (TPSA) is 79.8 Å². The number of amides is 1. The summed E-state index contributed by atoms with van der Waals surface area (Å²) in [5.74, 6) is -0.251. The molecule has 0 unspecified atom stereocenters. The predicted molar refractivity (Wildman–Crippen MR) is 100 cm³/mol. The number of halogens is 3. The summed E-state index contributed by atoms with van der Waals surface area (Å²) in [4.78, 5) is 17.1. The summed E-state index contributed by atoms with van der Waals surface area (Å²) < 4.78 is 71.7. The van der Waals surface area contributed by atoms with Crippen molar-refractivity contribution in [2.45, 2.75) is 56.2 Å². The molecule has 1 aromatic rings. The van der Waals surface area contributed by atoms with E-state index >= 15 is 0 Å². The molecule has 0 radical (unpaired) electrons. The van der Waals surface area contributed by atoms with E-state index in [9.17, 15) is 26.4 Å². The third-order valence-electron chi connectivity index (χ3n) is 5.49. The van der Waals surface area contributed by atoms with Gasteiger partial charge in [-0.25, -0.2) is 18.2 Å². The van der Waals surface area contributed by atoms with E-state index in [4.69, 9.17) is 4.74 Å². The Labute approximate surface area is 173 Å². The van der Waals surface area contributed by atoms with E-state index in [1.54, 1.807) is 20.8 Å². The molecule has 3 aliphatic rings. The zero-order chi connectivity index (χ0) is 22.1. The first-order valence-electron chi connectivity index (χ1n) is 9.77. The van der Waals surface area contributed by atoms with Crippen LogP contribution in [0.4, 0.5) is 18.0 Å². The molecule has 0 bridgehead atoms. The second-order valence-electron chi connectivity index (χ2n) is 9.46. The lowest BCUT2D eigenvalue weighted by atomic mass is 9.75. The highest BCUT2D eigenvalue weighted by molar-refractivity contribution is 7.89. The van der Waals surface area contributed by atoms with Crippen molar-refractivity contribution in [1.82, 2.24) is 14.2 Å². The van der Waals surface area contributed by atoms with Crippen LogP contribution in [0.3, 0.4) is 0 Å². The van der Waals surface area contributed by atoms with Gasteiger partial charge in [0.15, 0.2) is 0 Å². The maximum atomic E-state index is 13.1. The van der Waals surface area contributed by atoms with Crippen LogP contribution in [0.15, 0.2) is 17.0 Å². The van der Waals surface area contributed by atoms with Crippen molar-refractivity contribution >= 4 is 16.1 Å². The van der Waals surface area contributed by atoms with Crippen molar-refractivity contribution < 1.29 is 31.1 Å². The molecule has 1 saturated carbocycles. The molecule has 30 heavy (non-hydrogen) atoms. The molecule has 0 aromatic carbocycles. The van der Waals surface area contributed by atoms with Crippen LogP contribution >= 0.6 is 0 Å². The zero-order valence-electron chi connectivity index (χ0n) is 17.0. The number of ether oxygens (including phenoxy) is 1. The Morgan fingerprint density at radius 3 is 2.23 bits per heavy atom.